The van der Waals surface area contributed by atoms with Crippen LogP contribution in [0.1, 0.15) is 32.0 Å². The zero-order chi connectivity index (χ0) is 12.3. The number of hydrogen-bond donors (Lipinski definition) is 2. The number of rotatable bonds is 6. The van der Waals surface area contributed by atoms with E-state index in [1.807, 2.05) is 0 Å². The zero-order valence-corrected chi connectivity index (χ0v) is 10.8. The number of nitrogens with one attached hydrogen (secondary N) is 1. The SMILES string of the molecule is CCCc1nc(Cl)cc(NCC2(CO)CC2)n1. The van der Waals surface area contributed by atoms with Gasteiger partial charge in [-0.2, -0.15) is 0 Å². The van der Waals surface area contributed by atoms with Gasteiger partial charge in [-0.15, -0.1) is 0 Å². The fourth-order valence-electron chi connectivity index (χ4n) is 1.74. The van der Waals surface area contributed by atoms with Gasteiger partial charge in [-0.3, -0.25) is 0 Å². The van der Waals surface area contributed by atoms with Crippen molar-refractivity contribution in [2.75, 3.05) is 18.5 Å². The molecule has 0 bridgehead atoms. The molecule has 1 aromatic rings. The highest BCUT2D eigenvalue weighted by Crippen LogP contribution is 2.44. The minimum Gasteiger partial charge on any atom is -0.396 e. The Morgan fingerprint density at radius 2 is 2.24 bits per heavy atom. The summed E-state index contributed by atoms with van der Waals surface area (Å²) in [5.41, 5.74) is 0.0718. The summed E-state index contributed by atoms with van der Waals surface area (Å²) in [4.78, 5) is 8.57. The van der Waals surface area contributed by atoms with Crippen molar-refractivity contribution in [3.8, 4) is 0 Å². The Kier molecular flexibility index (Phi) is 3.84. The molecule has 4 nitrogen and oxygen atoms in total. The molecule has 1 fully saturated rings. The second-order valence-corrected chi connectivity index (χ2v) is 5.14. The summed E-state index contributed by atoms with van der Waals surface area (Å²) in [7, 11) is 0. The van der Waals surface area contributed by atoms with Crippen molar-refractivity contribution >= 4 is 17.4 Å². The third-order valence-corrected chi connectivity index (χ3v) is 3.35. The number of anilines is 1. The molecule has 5 heteroatoms. The quantitative estimate of drug-likeness (QED) is 0.766. The van der Waals surface area contributed by atoms with E-state index in [1.54, 1.807) is 6.07 Å². The van der Waals surface area contributed by atoms with Gasteiger partial charge in [-0.1, -0.05) is 18.5 Å². The van der Waals surface area contributed by atoms with Gasteiger partial charge in [0.15, 0.2) is 0 Å². The topological polar surface area (TPSA) is 58.0 Å². The lowest BCUT2D eigenvalue weighted by molar-refractivity contribution is 0.219. The number of aliphatic hydroxyl groups is 1. The maximum atomic E-state index is 9.23. The van der Waals surface area contributed by atoms with E-state index in [0.29, 0.717) is 5.15 Å². The van der Waals surface area contributed by atoms with Gasteiger partial charge in [-0.05, 0) is 19.3 Å². The Bertz CT molecular complexity index is 393. The summed E-state index contributed by atoms with van der Waals surface area (Å²) >= 11 is 5.94. The highest BCUT2D eigenvalue weighted by molar-refractivity contribution is 6.29. The zero-order valence-electron chi connectivity index (χ0n) is 10.0. The molecule has 1 aliphatic rings. The van der Waals surface area contributed by atoms with Crippen LogP contribution in [0.2, 0.25) is 5.15 Å². The van der Waals surface area contributed by atoms with Gasteiger partial charge in [0.25, 0.3) is 0 Å². The van der Waals surface area contributed by atoms with Gasteiger partial charge < -0.3 is 10.4 Å². The Morgan fingerprint density at radius 3 is 2.82 bits per heavy atom. The molecule has 0 saturated heterocycles. The Labute approximate surface area is 106 Å². The van der Waals surface area contributed by atoms with Crippen molar-refractivity contribution in [1.82, 2.24) is 9.97 Å². The van der Waals surface area contributed by atoms with Gasteiger partial charge >= 0.3 is 0 Å². The molecule has 2 N–H and O–H groups in total. The summed E-state index contributed by atoms with van der Waals surface area (Å²) in [5.74, 6) is 1.53. The first kappa shape index (κ1) is 12.6. The molecular weight excluding hydrogens is 238 g/mol. The third-order valence-electron chi connectivity index (χ3n) is 3.15. The van der Waals surface area contributed by atoms with Crippen LogP contribution in [0.25, 0.3) is 0 Å². The molecule has 0 aromatic carbocycles. The minimum absolute atomic E-state index is 0.0718. The van der Waals surface area contributed by atoms with Crippen molar-refractivity contribution in [2.45, 2.75) is 32.6 Å². The molecule has 0 unspecified atom stereocenters. The van der Waals surface area contributed by atoms with Crippen LogP contribution in [0.5, 0.6) is 0 Å². The summed E-state index contributed by atoms with van der Waals surface area (Å²) in [6.07, 6.45) is 4.00. The molecule has 0 aliphatic heterocycles. The first-order valence-corrected chi connectivity index (χ1v) is 6.43. The van der Waals surface area contributed by atoms with E-state index in [1.165, 1.54) is 0 Å². The second kappa shape index (κ2) is 5.19. The number of aromatic nitrogens is 2. The van der Waals surface area contributed by atoms with E-state index >= 15 is 0 Å². The molecule has 0 spiro atoms. The number of aryl methyl sites for hydroxylation is 1. The normalized spacial score (nSPS) is 16.9. The molecule has 1 aromatic heterocycles. The van der Waals surface area contributed by atoms with Gasteiger partial charge in [0.2, 0.25) is 0 Å². The number of nitrogens with zero attached hydrogens (tertiary/aromatic N) is 2. The standard InChI is InChI=1S/C12H18ClN3O/c1-2-3-10-15-9(13)6-11(16-10)14-7-12(8-17)4-5-12/h6,17H,2-5,7-8H2,1H3,(H,14,15,16). The molecule has 17 heavy (non-hydrogen) atoms. The predicted octanol–water partition coefficient (Wildman–Crippen LogP) is 2.27. The minimum atomic E-state index is 0.0718. The molecule has 0 radical (unpaired) electrons. The Hall–Kier alpha value is -0.870. The van der Waals surface area contributed by atoms with Crippen LogP contribution in [0.15, 0.2) is 6.07 Å². The largest absolute Gasteiger partial charge is 0.396 e. The van der Waals surface area contributed by atoms with E-state index in [4.69, 9.17) is 11.6 Å². The Morgan fingerprint density at radius 1 is 1.47 bits per heavy atom. The molecular formula is C12H18ClN3O. The summed E-state index contributed by atoms with van der Waals surface area (Å²) in [6, 6.07) is 1.73. The first-order valence-electron chi connectivity index (χ1n) is 6.06. The van der Waals surface area contributed by atoms with E-state index in [9.17, 15) is 5.11 Å². The van der Waals surface area contributed by atoms with E-state index in [2.05, 4.69) is 22.2 Å². The lowest BCUT2D eigenvalue weighted by Gasteiger charge is -2.13. The first-order chi connectivity index (χ1) is 8.17. The highest BCUT2D eigenvalue weighted by Gasteiger charge is 2.41. The van der Waals surface area contributed by atoms with Crippen molar-refractivity contribution < 1.29 is 5.11 Å². The number of hydrogen-bond acceptors (Lipinski definition) is 4. The molecule has 0 amide bonds. The lowest BCUT2D eigenvalue weighted by Crippen LogP contribution is -2.19. The average Bonchev–Trinajstić information content (AvgIpc) is 3.07. The maximum absolute atomic E-state index is 9.23. The van der Waals surface area contributed by atoms with E-state index in [-0.39, 0.29) is 12.0 Å². The van der Waals surface area contributed by atoms with Crippen LogP contribution in [0.3, 0.4) is 0 Å². The van der Waals surface area contributed by atoms with Gasteiger partial charge in [0.05, 0.1) is 6.61 Å². The Balaban J connectivity index is 2.00. The van der Waals surface area contributed by atoms with Crippen molar-refractivity contribution in [1.29, 1.82) is 0 Å². The van der Waals surface area contributed by atoms with Crippen LogP contribution in [-0.4, -0.2) is 28.2 Å². The van der Waals surface area contributed by atoms with Crippen LogP contribution < -0.4 is 5.32 Å². The highest BCUT2D eigenvalue weighted by atomic mass is 35.5. The van der Waals surface area contributed by atoms with Gasteiger partial charge in [0, 0.05) is 24.4 Å². The maximum Gasteiger partial charge on any atom is 0.134 e. The van der Waals surface area contributed by atoms with Crippen LogP contribution in [0, 0.1) is 5.41 Å². The number of aliphatic hydroxyl groups excluding tert-OH is 1. The van der Waals surface area contributed by atoms with Crippen molar-refractivity contribution in [3.63, 3.8) is 0 Å². The van der Waals surface area contributed by atoms with E-state index < -0.39 is 0 Å². The van der Waals surface area contributed by atoms with Crippen molar-refractivity contribution in [2.24, 2.45) is 5.41 Å². The molecule has 1 aliphatic carbocycles. The van der Waals surface area contributed by atoms with Gasteiger partial charge in [-0.25, -0.2) is 9.97 Å². The summed E-state index contributed by atoms with van der Waals surface area (Å²) in [5, 5.41) is 12.9. The summed E-state index contributed by atoms with van der Waals surface area (Å²) < 4.78 is 0. The smallest absolute Gasteiger partial charge is 0.134 e. The molecule has 2 rings (SSSR count). The molecule has 0 atom stereocenters. The fourth-order valence-corrected chi connectivity index (χ4v) is 1.94. The molecule has 1 heterocycles. The van der Waals surface area contributed by atoms with E-state index in [0.717, 1.165) is 43.9 Å². The molecule has 1 saturated carbocycles. The van der Waals surface area contributed by atoms with Crippen LogP contribution in [0.4, 0.5) is 5.82 Å². The average molecular weight is 256 g/mol. The van der Waals surface area contributed by atoms with Crippen molar-refractivity contribution in [3.05, 3.63) is 17.0 Å². The fraction of sp³-hybridized carbons (Fsp3) is 0.667. The van der Waals surface area contributed by atoms with Crippen LogP contribution >= 0.6 is 11.6 Å². The molecule has 94 valence electrons. The monoisotopic (exact) mass is 255 g/mol. The van der Waals surface area contributed by atoms with Crippen LogP contribution in [-0.2, 0) is 6.42 Å². The van der Waals surface area contributed by atoms with Gasteiger partial charge in [0.1, 0.15) is 16.8 Å². The predicted molar refractivity (Wildman–Crippen MR) is 68.3 cm³/mol. The number of halogens is 1. The summed E-state index contributed by atoms with van der Waals surface area (Å²) in [6.45, 7) is 3.07. The second-order valence-electron chi connectivity index (χ2n) is 4.75. The third kappa shape index (κ3) is 3.30. The lowest BCUT2D eigenvalue weighted by atomic mass is 10.1.